The van der Waals surface area contributed by atoms with Crippen LogP contribution in [-0.4, -0.2) is 28.5 Å². The smallest absolute Gasteiger partial charge is 0.340 e. The molecule has 30 heavy (non-hydrogen) atoms. The molecule has 6 heteroatoms. The second-order valence-corrected chi connectivity index (χ2v) is 7.34. The molecule has 0 amide bonds. The molecule has 6 nitrogen and oxygen atoms in total. The highest BCUT2D eigenvalue weighted by Crippen LogP contribution is 2.42. The average molecular weight is 401 g/mol. The first-order valence-electron chi connectivity index (χ1n) is 9.75. The van der Waals surface area contributed by atoms with Crippen LogP contribution in [0.3, 0.4) is 0 Å². The first kappa shape index (κ1) is 18.4. The van der Waals surface area contributed by atoms with E-state index in [4.69, 9.17) is 9.47 Å². The third kappa shape index (κ3) is 3.11. The van der Waals surface area contributed by atoms with Gasteiger partial charge in [0.05, 0.1) is 11.1 Å². The largest absolute Gasteiger partial charge is 0.508 e. The molecule has 0 spiro atoms. The van der Waals surface area contributed by atoms with Gasteiger partial charge in [-0.2, -0.15) is 0 Å². The summed E-state index contributed by atoms with van der Waals surface area (Å²) in [5.74, 6) is -0.571. The number of esters is 2. The Bertz CT molecular complexity index is 1060. The van der Waals surface area contributed by atoms with Crippen molar-refractivity contribution in [1.29, 1.82) is 0 Å². The van der Waals surface area contributed by atoms with Gasteiger partial charge in [0.25, 0.3) is 0 Å². The molecule has 1 N–H and O–H groups in total. The molecule has 0 fully saturated rings. The minimum absolute atomic E-state index is 0.202. The summed E-state index contributed by atoms with van der Waals surface area (Å²) in [6.07, 6.45) is -0.697. The maximum Gasteiger partial charge on any atom is 0.340 e. The Kier molecular flexibility index (Phi) is 4.48. The number of nitrogens with zero attached hydrogens (tertiary/aromatic N) is 1. The van der Waals surface area contributed by atoms with Gasteiger partial charge >= 0.3 is 11.9 Å². The molecule has 2 aliphatic rings. The number of phenols is 1. The molecule has 3 aromatic carbocycles. The monoisotopic (exact) mass is 401 g/mol. The number of carbonyl (C=O) groups is 2. The summed E-state index contributed by atoms with van der Waals surface area (Å²) in [5.41, 5.74) is 3.57. The number of cyclic esters (lactones) is 2. The van der Waals surface area contributed by atoms with Crippen LogP contribution in [0.4, 0.5) is 0 Å². The fourth-order valence-electron chi connectivity index (χ4n) is 4.02. The lowest BCUT2D eigenvalue weighted by Crippen LogP contribution is -2.35. The van der Waals surface area contributed by atoms with Crippen molar-refractivity contribution in [3.8, 4) is 5.75 Å². The van der Waals surface area contributed by atoms with Crippen molar-refractivity contribution in [3.63, 3.8) is 0 Å². The van der Waals surface area contributed by atoms with Gasteiger partial charge in [0.15, 0.2) is 12.5 Å². The van der Waals surface area contributed by atoms with E-state index in [0.29, 0.717) is 24.1 Å². The Labute approximate surface area is 173 Å². The molecular formula is C24H19NO5. The highest BCUT2D eigenvalue weighted by atomic mass is 16.6. The second kappa shape index (κ2) is 7.31. The zero-order chi connectivity index (χ0) is 20.7. The van der Waals surface area contributed by atoms with Gasteiger partial charge in [0.1, 0.15) is 5.75 Å². The van der Waals surface area contributed by atoms with Crippen LogP contribution in [0.25, 0.3) is 0 Å². The summed E-state index contributed by atoms with van der Waals surface area (Å²) >= 11 is 0. The Hall–Kier alpha value is -3.64. The molecule has 2 aliphatic heterocycles. The molecule has 150 valence electrons. The molecule has 2 unspecified atom stereocenters. The number of hydrogen-bond donors (Lipinski definition) is 1. The lowest BCUT2D eigenvalue weighted by atomic mass is 10.0. The van der Waals surface area contributed by atoms with Gasteiger partial charge in [-0.25, -0.2) is 14.5 Å². The molecule has 0 aromatic heterocycles. The van der Waals surface area contributed by atoms with E-state index in [1.807, 2.05) is 41.3 Å². The van der Waals surface area contributed by atoms with Crippen molar-refractivity contribution in [3.05, 3.63) is 101 Å². The first-order valence-corrected chi connectivity index (χ1v) is 9.75. The lowest BCUT2D eigenvalue weighted by Gasteiger charge is -2.32. The SMILES string of the molecule is O=C1OC(N(CCc2ccc(O)cc2)C2OC(=O)c3ccccc32)c2ccccc21. The van der Waals surface area contributed by atoms with E-state index in [0.717, 1.165) is 16.7 Å². The topological polar surface area (TPSA) is 76.1 Å². The van der Waals surface area contributed by atoms with Gasteiger partial charge in [-0.15, -0.1) is 0 Å². The van der Waals surface area contributed by atoms with Crippen LogP contribution >= 0.6 is 0 Å². The second-order valence-electron chi connectivity index (χ2n) is 7.34. The van der Waals surface area contributed by atoms with Gasteiger partial charge in [-0.1, -0.05) is 48.5 Å². The van der Waals surface area contributed by atoms with Crippen molar-refractivity contribution in [1.82, 2.24) is 4.90 Å². The molecule has 5 rings (SSSR count). The molecule has 2 atom stereocenters. The minimum Gasteiger partial charge on any atom is -0.508 e. The van der Waals surface area contributed by atoms with E-state index in [1.165, 1.54) is 0 Å². The fraction of sp³-hybridized carbons (Fsp3) is 0.167. The minimum atomic E-state index is -0.658. The molecule has 2 heterocycles. The maximum absolute atomic E-state index is 12.4. The van der Waals surface area contributed by atoms with Crippen LogP contribution in [-0.2, 0) is 15.9 Å². The van der Waals surface area contributed by atoms with Crippen LogP contribution in [0.1, 0.15) is 49.9 Å². The average Bonchev–Trinajstić information content (AvgIpc) is 3.28. The van der Waals surface area contributed by atoms with E-state index in [2.05, 4.69) is 0 Å². The fourth-order valence-corrected chi connectivity index (χ4v) is 4.02. The third-order valence-electron chi connectivity index (χ3n) is 5.53. The first-order chi connectivity index (χ1) is 14.6. The molecular weight excluding hydrogens is 382 g/mol. The van der Waals surface area contributed by atoms with Gasteiger partial charge in [0, 0.05) is 17.7 Å². The maximum atomic E-state index is 12.4. The Balaban J connectivity index is 1.51. The molecule has 3 aromatic rings. The van der Waals surface area contributed by atoms with Crippen molar-refractivity contribution >= 4 is 11.9 Å². The Morgan fingerprint density at radius 2 is 1.23 bits per heavy atom. The molecule has 0 radical (unpaired) electrons. The zero-order valence-corrected chi connectivity index (χ0v) is 16.0. The number of rotatable bonds is 5. The molecule has 0 aliphatic carbocycles. The number of carbonyl (C=O) groups excluding carboxylic acids is 2. The number of phenolic OH excluding ortho intramolecular Hbond substituents is 1. The van der Waals surface area contributed by atoms with Crippen LogP contribution in [0.5, 0.6) is 5.75 Å². The standard InChI is InChI=1S/C24H19NO5/c26-16-11-9-15(10-12-16)13-14-25(21-17-5-1-3-7-19(17)23(27)29-21)22-18-6-2-4-8-20(18)24(28)30-22/h1-12,21-22,26H,13-14H2. The summed E-state index contributed by atoms with van der Waals surface area (Å²) in [6, 6.07) is 21.5. The van der Waals surface area contributed by atoms with Crippen LogP contribution in [0.15, 0.2) is 72.8 Å². The Morgan fingerprint density at radius 3 is 1.77 bits per heavy atom. The summed E-state index contributed by atoms with van der Waals surface area (Å²) in [7, 11) is 0. The number of hydrogen-bond acceptors (Lipinski definition) is 6. The highest BCUT2D eigenvalue weighted by molar-refractivity contribution is 5.95. The normalized spacial score (nSPS) is 19.4. The quantitative estimate of drug-likeness (QED) is 0.652. The van der Waals surface area contributed by atoms with Crippen LogP contribution in [0.2, 0.25) is 0 Å². The van der Waals surface area contributed by atoms with Crippen molar-refractivity contribution in [2.45, 2.75) is 18.9 Å². The van der Waals surface area contributed by atoms with Crippen LogP contribution < -0.4 is 0 Å². The molecule has 0 saturated heterocycles. The number of fused-ring (bicyclic) bond motifs is 2. The lowest BCUT2D eigenvalue weighted by molar-refractivity contribution is -0.107. The van der Waals surface area contributed by atoms with Crippen LogP contribution in [0, 0.1) is 0 Å². The molecule has 0 bridgehead atoms. The van der Waals surface area contributed by atoms with E-state index in [-0.39, 0.29) is 17.7 Å². The van der Waals surface area contributed by atoms with Gasteiger partial charge in [0.2, 0.25) is 0 Å². The van der Waals surface area contributed by atoms with E-state index < -0.39 is 12.5 Å². The number of aromatic hydroxyl groups is 1. The number of benzene rings is 3. The van der Waals surface area contributed by atoms with E-state index in [9.17, 15) is 14.7 Å². The number of ether oxygens (including phenoxy) is 2. The Morgan fingerprint density at radius 1 is 0.733 bits per heavy atom. The predicted octanol–water partition coefficient (Wildman–Crippen LogP) is 3.98. The van der Waals surface area contributed by atoms with Gasteiger partial charge in [-0.3, -0.25) is 0 Å². The summed E-state index contributed by atoms with van der Waals surface area (Å²) in [4.78, 5) is 26.8. The van der Waals surface area contributed by atoms with Crippen molar-refractivity contribution in [2.75, 3.05) is 6.54 Å². The zero-order valence-electron chi connectivity index (χ0n) is 16.0. The van der Waals surface area contributed by atoms with Gasteiger partial charge in [-0.05, 0) is 36.2 Å². The molecule has 0 saturated carbocycles. The van der Waals surface area contributed by atoms with Crippen molar-refractivity contribution < 1.29 is 24.2 Å². The summed E-state index contributed by atoms with van der Waals surface area (Å²) < 4.78 is 11.4. The predicted molar refractivity (Wildman–Crippen MR) is 108 cm³/mol. The summed E-state index contributed by atoms with van der Waals surface area (Å²) in [6.45, 7) is 0.476. The van der Waals surface area contributed by atoms with Crippen molar-refractivity contribution in [2.24, 2.45) is 0 Å². The van der Waals surface area contributed by atoms with Gasteiger partial charge < -0.3 is 14.6 Å². The van der Waals surface area contributed by atoms with E-state index >= 15 is 0 Å². The summed E-state index contributed by atoms with van der Waals surface area (Å²) in [5, 5.41) is 9.53. The third-order valence-corrected chi connectivity index (χ3v) is 5.53. The van der Waals surface area contributed by atoms with E-state index in [1.54, 1.807) is 36.4 Å². The highest BCUT2D eigenvalue weighted by Gasteiger charge is 2.43.